The molecule has 2 N–H and O–H groups in total. The molecule has 2 heterocycles. The fourth-order valence-corrected chi connectivity index (χ4v) is 1.36. The van der Waals surface area contributed by atoms with Crippen molar-refractivity contribution < 1.29 is 0 Å². The minimum absolute atomic E-state index is 0.508. The van der Waals surface area contributed by atoms with E-state index < -0.39 is 0 Å². The monoisotopic (exact) mass is 203 g/mol. The molecule has 0 saturated heterocycles. The molecule has 0 spiro atoms. The van der Waals surface area contributed by atoms with Crippen LogP contribution >= 0.6 is 0 Å². The van der Waals surface area contributed by atoms with Crippen LogP contribution in [0, 0.1) is 0 Å². The fourth-order valence-electron chi connectivity index (χ4n) is 1.36. The van der Waals surface area contributed by atoms with E-state index in [9.17, 15) is 0 Å². The van der Waals surface area contributed by atoms with Crippen molar-refractivity contribution in [3.63, 3.8) is 0 Å². The number of hydrogen-bond acceptors (Lipinski definition) is 4. The Hall–Kier alpha value is -1.75. The average molecular weight is 203 g/mol. The molecule has 0 aromatic carbocycles. The van der Waals surface area contributed by atoms with Crippen molar-refractivity contribution in [3.05, 3.63) is 30.2 Å². The molecular weight excluding hydrogens is 190 g/mol. The SMILES string of the molecule is CCn1cnnc1-c1ccc(CN)cn1. The number of rotatable bonds is 3. The smallest absolute Gasteiger partial charge is 0.182 e. The topological polar surface area (TPSA) is 69.6 Å². The van der Waals surface area contributed by atoms with Crippen molar-refractivity contribution >= 4 is 0 Å². The summed E-state index contributed by atoms with van der Waals surface area (Å²) < 4.78 is 1.95. The van der Waals surface area contributed by atoms with Gasteiger partial charge in [-0.2, -0.15) is 0 Å². The van der Waals surface area contributed by atoms with Crippen LogP contribution < -0.4 is 5.73 Å². The van der Waals surface area contributed by atoms with Gasteiger partial charge in [0.05, 0.1) is 0 Å². The molecule has 2 rings (SSSR count). The van der Waals surface area contributed by atoms with E-state index in [0.717, 1.165) is 23.6 Å². The Morgan fingerprint density at radius 2 is 2.27 bits per heavy atom. The zero-order chi connectivity index (χ0) is 10.7. The third kappa shape index (κ3) is 1.87. The molecular formula is C10H13N5. The van der Waals surface area contributed by atoms with E-state index in [0.29, 0.717) is 6.54 Å². The minimum Gasteiger partial charge on any atom is -0.326 e. The molecule has 0 aliphatic rings. The van der Waals surface area contributed by atoms with Crippen molar-refractivity contribution in [3.8, 4) is 11.5 Å². The van der Waals surface area contributed by atoms with Gasteiger partial charge in [0.25, 0.3) is 0 Å². The second-order valence-electron chi connectivity index (χ2n) is 3.20. The van der Waals surface area contributed by atoms with Crippen molar-refractivity contribution in [1.29, 1.82) is 0 Å². The van der Waals surface area contributed by atoms with E-state index in [1.807, 2.05) is 23.6 Å². The highest BCUT2D eigenvalue weighted by atomic mass is 15.3. The molecule has 0 amide bonds. The average Bonchev–Trinajstić information content (AvgIpc) is 2.77. The molecule has 5 heteroatoms. The lowest BCUT2D eigenvalue weighted by molar-refractivity contribution is 0.764. The lowest BCUT2D eigenvalue weighted by atomic mass is 10.2. The first kappa shape index (κ1) is 9.79. The lowest BCUT2D eigenvalue weighted by Crippen LogP contribution is -2.00. The Bertz CT molecular complexity index is 431. The molecule has 0 unspecified atom stereocenters. The van der Waals surface area contributed by atoms with Gasteiger partial charge in [0.2, 0.25) is 0 Å². The Balaban J connectivity index is 2.37. The van der Waals surface area contributed by atoms with Crippen molar-refractivity contribution in [2.75, 3.05) is 0 Å². The molecule has 0 aliphatic carbocycles. The highest BCUT2D eigenvalue weighted by Crippen LogP contribution is 2.13. The first-order valence-electron chi connectivity index (χ1n) is 4.88. The zero-order valence-corrected chi connectivity index (χ0v) is 8.59. The molecule has 0 atom stereocenters. The lowest BCUT2D eigenvalue weighted by Gasteiger charge is -2.02. The zero-order valence-electron chi connectivity index (χ0n) is 8.59. The predicted molar refractivity (Wildman–Crippen MR) is 56.8 cm³/mol. The number of aromatic nitrogens is 4. The van der Waals surface area contributed by atoms with Crippen LogP contribution in [0.15, 0.2) is 24.7 Å². The van der Waals surface area contributed by atoms with Gasteiger partial charge in [-0.25, -0.2) is 0 Å². The maximum absolute atomic E-state index is 5.50. The van der Waals surface area contributed by atoms with E-state index in [1.165, 1.54) is 0 Å². The van der Waals surface area contributed by atoms with Gasteiger partial charge in [-0.15, -0.1) is 10.2 Å². The molecule has 0 aliphatic heterocycles. The predicted octanol–water partition coefficient (Wildman–Crippen LogP) is 0.819. The molecule has 0 fully saturated rings. The van der Waals surface area contributed by atoms with E-state index in [-0.39, 0.29) is 0 Å². The van der Waals surface area contributed by atoms with Crippen molar-refractivity contribution in [2.24, 2.45) is 5.73 Å². The third-order valence-electron chi connectivity index (χ3n) is 2.25. The van der Waals surface area contributed by atoms with Crippen LogP contribution in [0.25, 0.3) is 11.5 Å². The molecule has 0 radical (unpaired) electrons. The normalized spacial score (nSPS) is 10.5. The van der Waals surface area contributed by atoms with Crippen LogP contribution in [-0.2, 0) is 13.1 Å². The standard InChI is InChI=1S/C10H13N5/c1-2-15-7-13-14-10(15)9-4-3-8(5-11)6-12-9/h3-4,6-7H,2,5,11H2,1H3. The van der Waals surface area contributed by atoms with E-state index >= 15 is 0 Å². The number of nitrogens with zero attached hydrogens (tertiary/aromatic N) is 4. The summed E-state index contributed by atoms with van der Waals surface area (Å²) >= 11 is 0. The summed E-state index contributed by atoms with van der Waals surface area (Å²) in [6, 6.07) is 3.87. The van der Waals surface area contributed by atoms with Gasteiger partial charge in [-0.05, 0) is 18.6 Å². The first-order chi connectivity index (χ1) is 7.35. The Morgan fingerprint density at radius 1 is 1.40 bits per heavy atom. The number of aryl methyl sites for hydroxylation is 1. The van der Waals surface area contributed by atoms with Crippen LogP contribution in [0.1, 0.15) is 12.5 Å². The summed E-state index contributed by atoms with van der Waals surface area (Å²) in [7, 11) is 0. The highest BCUT2D eigenvalue weighted by molar-refractivity contribution is 5.48. The highest BCUT2D eigenvalue weighted by Gasteiger charge is 2.06. The van der Waals surface area contributed by atoms with Gasteiger partial charge < -0.3 is 10.3 Å². The largest absolute Gasteiger partial charge is 0.326 e. The van der Waals surface area contributed by atoms with Crippen molar-refractivity contribution in [2.45, 2.75) is 20.0 Å². The Morgan fingerprint density at radius 3 is 2.87 bits per heavy atom. The number of nitrogens with two attached hydrogens (primary N) is 1. The van der Waals surface area contributed by atoms with Gasteiger partial charge in [-0.3, -0.25) is 4.98 Å². The summed E-state index contributed by atoms with van der Waals surface area (Å²) in [6.45, 7) is 3.39. The van der Waals surface area contributed by atoms with E-state index in [1.54, 1.807) is 12.5 Å². The van der Waals surface area contributed by atoms with Gasteiger partial charge in [0.15, 0.2) is 5.82 Å². The van der Waals surface area contributed by atoms with Crippen LogP contribution in [-0.4, -0.2) is 19.7 Å². The molecule has 78 valence electrons. The summed E-state index contributed by atoms with van der Waals surface area (Å²) in [6.07, 6.45) is 3.47. The van der Waals surface area contributed by atoms with Gasteiger partial charge in [-0.1, -0.05) is 6.07 Å². The first-order valence-corrected chi connectivity index (χ1v) is 4.88. The molecule has 15 heavy (non-hydrogen) atoms. The molecule has 0 saturated carbocycles. The van der Waals surface area contributed by atoms with E-state index in [2.05, 4.69) is 15.2 Å². The van der Waals surface area contributed by atoms with Crippen LogP contribution in [0.3, 0.4) is 0 Å². The molecule has 2 aromatic rings. The fraction of sp³-hybridized carbons (Fsp3) is 0.300. The van der Waals surface area contributed by atoms with Crippen LogP contribution in [0.2, 0.25) is 0 Å². The summed E-state index contributed by atoms with van der Waals surface area (Å²) in [5.74, 6) is 0.793. The Labute approximate surface area is 88.0 Å². The quantitative estimate of drug-likeness (QED) is 0.801. The minimum atomic E-state index is 0.508. The van der Waals surface area contributed by atoms with Crippen LogP contribution in [0.4, 0.5) is 0 Å². The maximum atomic E-state index is 5.50. The number of hydrogen-bond donors (Lipinski definition) is 1. The van der Waals surface area contributed by atoms with E-state index in [4.69, 9.17) is 5.73 Å². The molecule has 2 aromatic heterocycles. The van der Waals surface area contributed by atoms with Gasteiger partial charge in [0.1, 0.15) is 12.0 Å². The molecule has 0 bridgehead atoms. The summed E-state index contributed by atoms with van der Waals surface area (Å²) in [5, 5.41) is 7.89. The molecule has 5 nitrogen and oxygen atoms in total. The summed E-state index contributed by atoms with van der Waals surface area (Å²) in [5.41, 5.74) is 7.34. The van der Waals surface area contributed by atoms with Gasteiger partial charge in [0, 0.05) is 19.3 Å². The maximum Gasteiger partial charge on any atom is 0.182 e. The van der Waals surface area contributed by atoms with Gasteiger partial charge >= 0.3 is 0 Å². The van der Waals surface area contributed by atoms with Crippen molar-refractivity contribution in [1.82, 2.24) is 19.7 Å². The number of pyridine rings is 1. The Kier molecular flexibility index (Phi) is 2.73. The second-order valence-corrected chi connectivity index (χ2v) is 3.20. The second kappa shape index (κ2) is 4.18. The third-order valence-corrected chi connectivity index (χ3v) is 2.25. The summed E-state index contributed by atoms with van der Waals surface area (Å²) in [4.78, 5) is 4.30. The van der Waals surface area contributed by atoms with Crippen LogP contribution in [0.5, 0.6) is 0 Å².